The monoisotopic (exact) mass is 361 g/mol. The van der Waals surface area contributed by atoms with Crippen LogP contribution in [-0.2, 0) is 0 Å². The zero-order valence-electron chi connectivity index (χ0n) is 15.9. The Morgan fingerprint density at radius 3 is 2.58 bits per heavy atom. The maximum absolute atomic E-state index is 13.9. The van der Waals surface area contributed by atoms with Gasteiger partial charge >= 0.3 is 0 Å². The van der Waals surface area contributed by atoms with Gasteiger partial charge in [-0.15, -0.1) is 0 Å². The van der Waals surface area contributed by atoms with Crippen LogP contribution < -0.4 is 15.5 Å². The summed E-state index contributed by atoms with van der Waals surface area (Å²) in [5.74, 6) is 0.813. The summed E-state index contributed by atoms with van der Waals surface area (Å²) in [6.45, 7) is 5.75. The highest BCUT2D eigenvalue weighted by atomic mass is 19.1. The molecule has 1 aromatic rings. The normalized spacial score (nSPS) is 19.8. The lowest BCUT2D eigenvalue weighted by atomic mass is 10.2. The highest BCUT2D eigenvalue weighted by molar-refractivity contribution is 5.79. The molecule has 0 bridgehead atoms. The molecule has 0 radical (unpaired) electrons. The van der Waals surface area contributed by atoms with E-state index in [-0.39, 0.29) is 5.82 Å². The molecular formula is C20H32FN5. The van der Waals surface area contributed by atoms with Crippen molar-refractivity contribution in [3.05, 3.63) is 30.1 Å². The topological polar surface area (TPSA) is 42.9 Å². The largest absolute Gasteiger partial charge is 0.367 e. The zero-order chi connectivity index (χ0) is 18.2. The van der Waals surface area contributed by atoms with E-state index < -0.39 is 0 Å². The van der Waals surface area contributed by atoms with Gasteiger partial charge in [-0.2, -0.15) is 0 Å². The summed E-state index contributed by atoms with van der Waals surface area (Å²) >= 11 is 0. The van der Waals surface area contributed by atoms with Crippen LogP contribution in [0.15, 0.2) is 29.3 Å². The number of nitrogens with one attached hydrogen (secondary N) is 2. The molecule has 0 atom stereocenters. The van der Waals surface area contributed by atoms with Crippen LogP contribution in [0.1, 0.15) is 32.1 Å². The first kappa shape index (κ1) is 19.0. The van der Waals surface area contributed by atoms with E-state index >= 15 is 0 Å². The lowest BCUT2D eigenvalue weighted by molar-refractivity contribution is 0.254. The minimum atomic E-state index is -0.119. The third-order valence-electron chi connectivity index (χ3n) is 5.43. The molecule has 1 aromatic carbocycles. The number of piperazine rings is 1. The summed E-state index contributed by atoms with van der Waals surface area (Å²) in [7, 11) is 1.84. The van der Waals surface area contributed by atoms with Crippen molar-refractivity contribution in [1.29, 1.82) is 0 Å². The molecule has 6 heteroatoms. The van der Waals surface area contributed by atoms with Crippen molar-refractivity contribution in [1.82, 2.24) is 15.5 Å². The van der Waals surface area contributed by atoms with E-state index in [2.05, 4.69) is 25.4 Å². The van der Waals surface area contributed by atoms with Gasteiger partial charge in [0.05, 0.1) is 5.69 Å². The van der Waals surface area contributed by atoms with Gasteiger partial charge in [0.25, 0.3) is 0 Å². The Morgan fingerprint density at radius 1 is 1.15 bits per heavy atom. The van der Waals surface area contributed by atoms with Crippen LogP contribution in [0.3, 0.4) is 0 Å². The first-order valence-electron chi connectivity index (χ1n) is 9.95. The molecule has 2 N–H and O–H groups in total. The number of hydrogen-bond donors (Lipinski definition) is 2. The summed E-state index contributed by atoms with van der Waals surface area (Å²) in [5, 5.41) is 6.95. The minimum absolute atomic E-state index is 0.119. The third kappa shape index (κ3) is 5.34. The average Bonchev–Trinajstić information content (AvgIpc) is 3.18. The fraction of sp³-hybridized carbons (Fsp3) is 0.650. The van der Waals surface area contributed by atoms with Crippen molar-refractivity contribution < 1.29 is 4.39 Å². The summed E-state index contributed by atoms with van der Waals surface area (Å²) in [6.07, 6.45) is 6.26. The molecule has 1 saturated heterocycles. The molecule has 1 saturated carbocycles. The van der Waals surface area contributed by atoms with Crippen molar-refractivity contribution in [3.63, 3.8) is 0 Å². The van der Waals surface area contributed by atoms with Crippen LogP contribution in [0.4, 0.5) is 10.1 Å². The number of para-hydroxylation sites is 1. The maximum Gasteiger partial charge on any atom is 0.191 e. The van der Waals surface area contributed by atoms with Crippen molar-refractivity contribution >= 4 is 11.6 Å². The third-order valence-corrected chi connectivity index (χ3v) is 5.43. The van der Waals surface area contributed by atoms with Crippen LogP contribution in [0.5, 0.6) is 0 Å². The van der Waals surface area contributed by atoms with E-state index in [0.29, 0.717) is 6.04 Å². The van der Waals surface area contributed by atoms with E-state index in [1.54, 1.807) is 12.1 Å². The fourth-order valence-corrected chi connectivity index (χ4v) is 3.89. The first-order valence-corrected chi connectivity index (χ1v) is 9.95. The van der Waals surface area contributed by atoms with Crippen molar-refractivity contribution in [3.8, 4) is 0 Å². The number of benzene rings is 1. The Bertz CT molecular complexity index is 577. The van der Waals surface area contributed by atoms with Gasteiger partial charge in [0.1, 0.15) is 5.82 Å². The van der Waals surface area contributed by atoms with Gasteiger partial charge in [-0.3, -0.25) is 9.89 Å². The minimum Gasteiger partial charge on any atom is -0.367 e. The molecule has 26 heavy (non-hydrogen) atoms. The predicted octanol–water partition coefficient (Wildman–Crippen LogP) is 2.45. The Labute approximate surface area is 156 Å². The molecule has 0 unspecified atom stereocenters. The number of rotatable bonds is 6. The van der Waals surface area contributed by atoms with Crippen LogP contribution in [0, 0.1) is 5.82 Å². The van der Waals surface area contributed by atoms with Gasteiger partial charge in [-0.25, -0.2) is 4.39 Å². The molecule has 0 spiro atoms. The molecule has 5 nitrogen and oxygen atoms in total. The fourth-order valence-electron chi connectivity index (χ4n) is 3.89. The molecule has 1 aliphatic heterocycles. The van der Waals surface area contributed by atoms with E-state index in [4.69, 9.17) is 0 Å². The summed E-state index contributed by atoms with van der Waals surface area (Å²) in [6, 6.07) is 7.66. The lowest BCUT2D eigenvalue weighted by Gasteiger charge is -2.36. The Balaban J connectivity index is 1.32. The summed E-state index contributed by atoms with van der Waals surface area (Å²) in [4.78, 5) is 8.94. The standard InChI is InChI=1S/C20H32FN5/c1-22-20(24-17-7-2-3-8-17)23-11-6-12-25-13-15-26(16-14-25)19-10-5-4-9-18(19)21/h4-5,9-10,17H,2-3,6-8,11-16H2,1H3,(H2,22,23,24). The number of guanidine groups is 1. The first-order chi connectivity index (χ1) is 12.8. The molecule has 0 aromatic heterocycles. The second-order valence-electron chi connectivity index (χ2n) is 7.26. The molecule has 1 aliphatic carbocycles. The summed E-state index contributed by atoms with van der Waals surface area (Å²) < 4.78 is 13.9. The second kappa shape index (κ2) is 9.76. The maximum atomic E-state index is 13.9. The Morgan fingerprint density at radius 2 is 1.88 bits per heavy atom. The van der Waals surface area contributed by atoms with Crippen molar-refractivity contribution in [2.45, 2.75) is 38.1 Å². The summed E-state index contributed by atoms with van der Waals surface area (Å²) in [5.41, 5.74) is 0.732. The molecule has 2 aliphatic rings. The molecule has 2 fully saturated rings. The SMILES string of the molecule is CN=C(NCCCN1CCN(c2ccccc2F)CC1)NC1CCCC1. The number of nitrogens with zero attached hydrogens (tertiary/aromatic N) is 3. The smallest absolute Gasteiger partial charge is 0.191 e. The molecule has 0 amide bonds. The highest BCUT2D eigenvalue weighted by Gasteiger charge is 2.19. The van der Waals surface area contributed by atoms with Gasteiger partial charge in [0.15, 0.2) is 5.96 Å². The van der Waals surface area contributed by atoms with E-state index in [1.807, 2.05) is 19.2 Å². The Hall–Kier alpha value is -1.82. The van der Waals surface area contributed by atoms with Gasteiger partial charge in [-0.05, 0) is 37.9 Å². The molecule has 144 valence electrons. The molecular weight excluding hydrogens is 329 g/mol. The van der Waals surface area contributed by atoms with Crippen molar-refractivity contribution in [2.75, 3.05) is 51.2 Å². The zero-order valence-corrected chi connectivity index (χ0v) is 15.9. The average molecular weight is 362 g/mol. The van der Waals surface area contributed by atoms with Crippen LogP contribution >= 0.6 is 0 Å². The number of aliphatic imine (C=N–C) groups is 1. The van der Waals surface area contributed by atoms with E-state index in [9.17, 15) is 4.39 Å². The lowest BCUT2D eigenvalue weighted by Crippen LogP contribution is -2.47. The number of anilines is 1. The van der Waals surface area contributed by atoms with Crippen molar-refractivity contribution in [2.24, 2.45) is 4.99 Å². The van der Waals surface area contributed by atoms with Crippen LogP contribution in [-0.4, -0.2) is 63.2 Å². The van der Waals surface area contributed by atoms with Crippen LogP contribution in [0.25, 0.3) is 0 Å². The van der Waals surface area contributed by atoms with Gasteiger partial charge in [0.2, 0.25) is 0 Å². The molecule has 3 rings (SSSR count). The van der Waals surface area contributed by atoms with Gasteiger partial charge in [0, 0.05) is 45.8 Å². The van der Waals surface area contributed by atoms with Gasteiger partial charge < -0.3 is 15.5 Å². The molecule has 1 heterocycles. The second-order valence-corrected chi connectivity index (χ2v) is 7.26. The quantitative estimate of drug-likeness (QED) is 0.464. The van der Waals surface area contributed by atoms with E-state index in [0.717, 1.165) is 57.3 Å². The van der Waals surface area contributed by atoms with E-state index in [1.165, 1.54) is 25.7 Å². The number of halogens is 1. The highest BCUT2D eigenvalue weighted by Crippen LogP contribution is 2.20. The van der Waals surface area contributed by atoms with Crippen LogP contribution in [0.2, 0.25) is 0 Å². The number of hydrogen-bond acceptors (Lipinski definition) is 3. The predicted molar refractivity (Wildman–Crippen MR) is 106 cm³/mol. The van der Waals surface area contributed by atoms with Gasteiger partial charge in [-0.1, -0.05) is 25.0 Å². The Kier molecular flexibility index (Phi) is 7.12.